The van der Waals surface area contributed by atoms with Crippen LogP contribution in [0, 0.1) is 0 Å². The number of anilines is 2. The third-order valence-electron chi connectivity index (χ3n) is 3.06. The van der Waals surface area contributed by atoms with Crippen molar-refractivity contribution >= 4 is 51.4 Å². The number of aromatic nitrogens is 2. The number of hydrogen-bond donors (Lipinski definition) is 2. The van der Waals surface area contributed by atoms with E-state index in [4.69, 9.17) is 21.1 Å². The molecular weight excluding hydrogens is 384 g/mol. The van der Waals surface area contributed by atoms with Gasteiger partial charge in [-0.15, -0.1) is 10.2 Å². The molecule has 0 saturated heterocycles. The van der Waals surface area contributed by atoms with Crippen LogP contribution in [0.1, 0.15) is 6.92 Å². The number of rotatable bonds is 9. The van der Waals surface area contributed by atoms with Gasteiger partial charge in [0.1, 0.15) is 5.75 Å². The number of thioether (sulfide) groups is 1. The number of methoxy groups -OCH3 is 2. The minimum atomic E-state index is -0.333. The molecule has 2 rings (SSSR count). The minimum absolute atomic E-state index is 0.143. The fourth-order valence-electron chi connectivity index (χ4n) is 1.78. The number of ether oxygens (including phenoxy) is 2. The number of benzene rings is 1. The fraction of sp³-hybridized carbons (Fsp3) is 0.400. The second kappa shape index (κ2) is 9.81. The summed E-state index contributed by atoms with van der Waals surface area (Å²) >= 11 is 8.81. The van der Waals surface area contributed by atoms with E-state index in [0.717, 1.165) is 4.34 Å². The van der Waals surface area contributed by atoms with Crippen LogP contribution in [0.25, 0.3) is 0 Å². The highest BCUT2D eigenvalue weighted by molar-refractivity contribution is 8.02. The lowest BCUT2D eigenvalue weighted by molar-refractivity contribution is -0.115. The van der Waals surface area contributed by atoms with E-state index in [1.54, 1.807) is 32.4 Å². The van der Waals surface area contributed by atoms with Gasteiger partial charge in [0.25, 0.3) is 0 Å². The second-order valence-corrected chi connectivity index (χ2v) is 7.86. The Morgan fingerprint density at radius 2 is 2.20 bits per heavy atom. The Morgan fingerprint density at radius 1 is 1.40 bits per heavy atom. The van der Waals surface area contributed by atoms with Gasteiger partial charge in [0.15, 0.2) is 4.34 Å². The van der Waals surface area contributed by atoms with Crippen molar-refractivity contribution in [2.75, 3.05) is 38.0 Å². The topological polar surface area (TPSA) is 85.4 Å². The molecule has 0 aliphatic heterocycles. The molecule has 136 valence electrons. The number of nitrogens with zero attached hydrogens (tertiary/aromatic N) is 2. The van der Waals surface area contributed by atoms with Crippen LogP contribution >= 0.6 is 34.7 Å². The Balaban J connectivity index is 1.88. The zero-order valence-corrected chi connectivity index (χ0v) is 16.4. The Hall–Kier alpha value is -1.55. The van der Waals surface area contributed by atoms with Crippen molar-refractivity contribution in [3.63, 3.8) is 0 Å². The molecule has 2 N–H and O–H groups in total. The van der Waals surface area contributed by atoms with Gasteiger partial charge in [-0.2, -0.15) is 0 Å². The van der Waals surface area contributed by atoms with Crippen LogP contribution in [0.3, 0.4) is 0 Å². The summed E-state index contributed by atoms with van der Waals surface area (Å²) < 4.78 is 10.8. The molecule has 7 nitrogen and oxygen atoms in total. The number of nitrogens with one attached hydrogen (secondary N) is 2. The first kappa shape index (κ1) is 19.8. The first-order chi connectivity index (χ1) is 12.0. The van der Waals surface area contributed by atoms with Crippen LogP contribution in [0.5, 0.6) is 5.75 Å². The molecule has 0 spiro atoms. The molecule has 25 heavy (non-hydrogen) atoms. The molecule has 0 fully saturated rings. The second-order valence-electron chi connectivity index (χ2n) is 4.89. The first-order valence-corrected chi connectivity index (χ1v) is 9.48. The predicted molar refractivity (Wildman–Crippen MR) is 102 cm³/mol. The standard InChI is InChI=1S/C15H19ClN4O3S2/c1-9(24-15-20-19-14(25-15)17-6-7-22-2)13(21)18-10-4-5-12(23-3)11(16)8-10/h4-5,8-9H,6-7H2,1-3H3,(H,17,19)(H,18,21)/t9-/m1/s1. The van der Waals surface area contributed by atoms with E-state index in [2.05, 4.69) is 20.8 Å². The van der Waals surface area contributed by atoms with Gasteiger partial charge in [0, 0.05) is 19.3 Å². The quantitative estimate of drug-likeness (QED) is 0.491. The first-order valence-electron chi connectivity index (χ1n) is 7.41. The maximum atomic E-state index is 12.3. The number of amides is 1. The monoisotopic (exact) mass is 402 g/mol. The molecule has 0 aliphatic carbocycles. The smallest absolute Gasteiger partial charge is 0.237 e. The molecule has 1 heterocycles. The van der Waals surface area contributed by atoms with Crippen molar-refractivity contribution in [1.82, 2.24) is 10.2 Å². The number of carbonyl (C=O) groups is 1. The summed E-state index contributed by atoms with van der Waals surface area (Å²) in [6.07, 6.45) is 0. The molecule has 0 radical (unpaired) electrons. The summed E-state index contributed by atoms with van der Waals surface area (Å²) in [4.78, 5) is 12.3. The Morgan fingerprint density at radius 3 is 2.88 bits per heavy atom. The molecular formula is C15H19ClN4O3S2. The van der Waals surface area contributed by atoms with Crippen molar-refractivity contribution in [2.24, 2.45) is 0 Å². The molecule has 1 aromatic carbocycles. The van der Waals surface area contributed by atoms with Crippen molar-refractivity contribution in [1.29, 1.82) is 0 Å². The largest absolute Gasteiger partial charge is 0.495 e. The van der Waals surface area contributed by atoms with Crippen molar-refractivity contribution < 1.29 is 14.3 Å². The van der Waals surface area contributed by atoms with Gasteiger partial charge < -0.3 is 20.1 Å². The Labute approximate surface area is 159 Å². The Bertz CT molecular complexity index is 714. The van der Waals surface area contributed by atoms with Crippen molar-refractivity contribution in [3.8, 4) is 5.75 Å². The lowest BCUT2D eigenvalue weighted by atomic mass is 10.3. The van der Waals surface area contributed by atoms with Gasteiger partial charge in [-0.05, 0) is 25.1 Å². The number of hydrogen-bond acceptors (Lipinski definition) is 8. The average Bonchev–Trinajstić information content (AvgIpc) is 3.02. The van der Waals surface area contributed by atoms with Crippen LogP contribution in [-0.2, 0) is 9.53 Å². The molecule has 10 heteroatoms. The van der Waals surface area contributed by atoms with E-state index in [1.165, 1.54) is 23.1 Å². The summed E-state index contributed by atoms with van der Waals surface area (Å²) in [7, 11) is 3.18. The third kappa shape index (κ3) is 6.03. The fourth-order valence-corrected chi connectivity index (χ4v) is 3.96. The summed E-state index contributed by atoms with van der Waals surface area (Å²) in [5.74, 6) is 0.416. The van der Waals surface area contributed by atoms with Gasteiger partial charge in [0.2, 0.25) is 11.0 Å². The summed E-state index contributed by atoms with van der Waals surface area (Å²) in [5.41, 5.74) is 0.613. The molecule has 2 aromatic rings. The van der Waals surface area contributed by atoms with Gasteiger partial charge in [-0.1, -0.05) is 34.7 Å². The van der Waals surface area contributed by atoms with E-state index in [0.29, 0.717) is 34.7 Å². The minimum Gasteiger partial charge on any atom is -0.495 e. The highest BCUT2D eigenvalue weighted by Crippen LogP contribution is 2.30. The molecule has 0 bridgehead atoms. The molecule has 1 atom stereocenters. The molecule has 0 saturated carbocycles. The predicted octanol–water partition coefficient (Wildman–Crippen LogP) is 3.38. The molecule has 0 aliphatic rings. The number of carbonyl (C=O) groups excluding carboxylic acids is 1. The highest BCUT2D eigenvalue weighted by Gasteiger charge is 2.18. The van der Waals surface area contributed by atoms with Gasteiger partial charge in [0.05, 0.1) is 24.0 Å². The highest BCUT2D eigenvalue weighted by atomic mass is 35.5. The van der Waals surface area contributed by atoms with Crippen molar-refractivity contribution in [2.45, 2.75) is 16.5 Å². The van der Waals surface area contributed by atoms with Crippen LogP contribution < -0.4 is 15.4 Å². The normalized spacial score (nSPS) is 11.8. The Kier molecular flexibility index (Phi) is 7.76. The molecule has 1 aromatic heterocycles. The van der Waals surface area contributed by atoms with Gasteiger partial charge in [-0.3, -0.25) is 4.79 Å². The maximum absolute atomic E-state index is 12.3. The maximum Gasteiger partial charge on any atom is 0.237 e. The third-order valence-corrected chi connectivity index (χ3v) is 5.42. The van der Waals surface area contributed by atoms with E-state index in [9.17, 15) is 4.79 Å². The van der Waals surface area contributed by atoms with Crippen LogP contribution in [-0.4, -0.2) is 48.7 Å². The molecule has 1 amide bonds. The summed E-state index contributed by atoms with van der Waals surface area (Å²) in [5, 5.41) is 14.8. The van der Waals surface area contributed by atoms with E-state index < -0.39 is 0 Å². The van der Waals surface area contributed by atoms with Gasteiger partial charge in [-0.25, -0.2) is 0 Å². The number of halogens is 1. The summed E-state index contributed by atoms with van der Waals surface area (Å²) in [6.45, 7) is 3.06. The zero-order valence-electron chi connectivity index (χ0n) is 14.0. The van der Waals surface area contributed by atoms with E-state index in [1.807, 2.05) is 6.92 Å². The van der Waals surface area contributed by atoms with E-state index in [-0.39, 0.29) is 11.2 Å². The zero-order chi connectivity index (χ0) is 18.2. The molecule has 0 unspecified atom stereocenters. The van der Waals surface area contributed by atoms with Crippen LogP contribution in [0.4, 0.5) is 10.8 Å². The van der Waals surface area contributed by atoms with Crippen molar-refractivity contribution in [3.05, 3.63) is 23.2 Å². The average molecular weight is 403 g/mol. The lowest BCUT2D eigenvalue weighted by Gasteiger charge is -2.11. The van der Waals surface area contributed by atoms with Gasteiger partial charge >= 0.3 is 0 Å². The van der Waals surface area contributed by atoms with E-state index >= 15 is 0 Å². The van der Waals surface area contributed by atoms with Crippen LogP contribution in [0.15, 0.2) is 22.5 Å². The van der Waals surface area contributed by atoms with Crippen LogP contribution in [0.2, 0.25) is 5.02 Å². The lowest BCUT2D eigenvalue weighted by Crippen LogP contribution is -2.22. The SMILES string of the molecule is COCCNc1nnc(S[C@H](C)C(=O)Nc2ccc(OC)c(Cl)c2)s1. The summed E-state index contributed by atoms with van der Waals surface area (Å²) in [6, 6.07) is 5.10.